The van der Waals surface area contributed by atoms with E-state index in [0.717, 1.165) is 33.0 Å². The summed E-state index contributed by atoms with van der Waals surface area (Å²) in [6, 6.07) is 11.5. The van der Waals surface area contributed by atoms with E-state index in [4.69, 9.17) is 17.0 Å². The number of carboxylic acids is 1. The van der Waals surface area contributed by atoms with Gasteiger partial charge in [0.2, 0.25) is 0 Å². The molecule has 0 aromatic heterocycles. The molecular formula is C17H12NO4S2-. The lowest BCUT2D eigenvalue weighted by Gasteiger charge is -2.14. The second-order valence-electron chi connectivity index (χ2n) is 5.04. The van der Waals surface area contributed by atoms with Crippen molar-refractivity contribution in [3.63, 3.8) is 0 Å². The monoisotopic (exact) mass is 358 g/mol. The van der Waals surface area contributed by atoms with Gasteiger partial charge in [-0.15, -0.1) is 0 Å². The highest BCUT2D eigenvalue weighted by molar-refractivity contribution is 8.26. The summed E-state index contributed by atoms with van der Waals surface area (Å²) in [5.74, 6) is -1.17. The zero-order chi connectivity index (χ0) is 17.3. The zero-order valence-electron chi connectivity index (χ0n) is 12.6. The Labute approximate surface area is 147 Å². The Balaban J connectivity index is 2.09. The van der Waals surface area contributed by atoms with Crippen LogP contribution in [0.3, 0.4) is 0 Å². The highest BCUT2D eigenvalue weighted by atomic mass is 32.2. The van der Waals surface area contributed by atoms with Crippen molar-refractivity contribution in [2.24, 2.45) is 0 Å². The maximum Gasteiger partial charge on any atom is 0.266 e. The first kappa shape index (κ1) is 16.5. The van der Waals surface area contributed by atoms with Gasteiger partial charge in [-0.3, -0.25) is 9.69 Å². The standard InChI is InChI=1S/C17H13NO4S2/c1-22-13-7-6-10-4-2-3-5-11(10)12(13)8-14-16(21)18(9-15(19)20)17(23)24-14/h2-8H,9H2,1H3,(H,19,20)/p-1/b14-8+. The van der Waals surface area contributed by atoms with E-state index < -0.39 is 18.4 Å². The van der Waals surface area contributed by atoms with Crippen LogP contribution in [-0.2, 0) is 9.59 Å². The van der Waals surface area contributed by atoms with Crippen molar-refractivity contribution in [3.05, 3.63) is 46.9 Å². The van der Waals surface area contributed by atoms with Crippen LogP contribution >= 0.6 is 24.0 Å². The first-order valence-electron chi connectivity index (χ1n) is 7.02. The number of methoxy groups -OCH3 is 1. The molecule has 0 spiro atoms. The number of benzene rings is 2. The number of carboxylic acid groups (broad SMARTS) is 1. The fourth-order valence-corrected chi connectivity index (χ4v) is 3.74. The molecule has 1 saturated heterocycles. The molecule has 24 heavy (non-hydrogen) atoms. The average Bonchev–Trinajstić information content (AvgIpc) is 2.82. The number of thiocarbonyl (C=S) groups is 1. The zero-order valence-corrected chi connectivity index (χ0v) is 14.3. The van der Waals surface area contributed by atoms with Crippen LogP contribution in [0.15, 0.2) is 41.3 Å². The molecule has 1 fully saturated rings. The van der Waals surface area contributed by atoms with E-state index in [1.807, 2.05) is 36.4 Å². The van der Waals surface area contributed by atoms with Crippen LogP contribution < -0.4 is 9.84 Å². The molecule has 0 aliphatic carbocycles. The summed E-state index contributed by atoms with van der Waals surface area (Å²) < 4.78 is 5.60. The molecule has 1 aliphatic rings. The number of thioether (sulfide) groups is 1. The highest BCUT2D eigenvalue weighted by Gasteiger charge is 2.32. The molecule has 7 heteroatoms. The molecule has 3 rings (SSSR count). The Hall–Kier alpha value is -2.38. The quantitative estimate of drug-likeness (QED) is 0.613. The Morgan fingerprint density at radius 1 is 1.33 bits per heavy atom. The Morgan fingerprint density at radius 2 is 2.08 bits per heavy atom. The molecule has 0 bridgehead atoms. The van der Waals surface area contributed by atoms with Crippen molar-refractivity contribution in [1.29, 1.82) is 0 Å². The van der Waals surface area contributed by atoms with Crippen LogP contribution in [0.1, 0.15) is 5.56 Å². The number of amides is 1. The summed E-state index contributed by atoms with van der Waals surface area (Å²) in [6.07, 6.45) is 1.69. The summed E-state index contributed by atoms with van der Waals surface area (Å²) in [5.41, 5.74) is 0.754. The number of aliphatic carboxylic acids is 1. The minimum atomic E-state index is -1.35. The molecule has 0 N–H and O–H groups in total. The molecule has 0 saturated carbocycles. The molecule has 1 amide bonds. The van der Waals surface area contributed by atoms with Gasteiger partial charge >= 0.3 is 0 Å². The number of fused-ring (bicyclic) bond motifs is 1. The van der Waals surface area contributed by atoms with Crippen LogP contribution in [0, 0.1) is 0 Å². The molecule has 0 unspecified atom stereocenters. The van der Waals surface area contributed by atoms with Crippen LogP contribution in [0.2, 0.25) is 0 Å². The number of rotatable bonds is 4. The summed E-state index contributed by atoms with van der Waals surface area (Å²) in [7, 11) is 1.56. The fourth-order valence-electron chi connectivity index (χ4n) is 2.50. The van der Waals surface area contributed by atoms with Crippen molar-refractivity contribution in [2.45, 2.75) is 0 Å². The maximum atomic E-state index is 12.4. The first-order valence-corrected chi connectivity index (χ1v) is 8.24. The van der Waals surface area contributed by atoms with E-state index in [-0.39, 0.29) is 4.32 Å². The van der Waals surface area contributed by atoms with E-state index in [1.165, 1.54) is 0 Å². The minimum Gasteiger partial charge on any atom is -0.548 e. The Bertz CT molecular complexity index is 891. The number of hydrogen-bond donors (Lipinski definition) is 0. The molecular weight excluding hydrogens is 346 g/mol. The van der Waals surface area contributed by atoms with E-state index in [2.05, 4.69) is 0 Å². The SMILES string of the molecule is COc1ccc2ccccc2c1/C=C1/SC(=S)N(CC(=O)[O-])C1=O. The summed E-state index contributed by atoms with van der Waals surface area (Å²) in [4.78, 5) is 24.6. The van der Waals surface area contributed by atoms with Gasteiger partial charge in [-0.05, 0) is 22.9 Å². The lowest BCUT2D eigenvalue weighted by Crippen LogP contribution is -2.40. The van der Waals surface area contributed by atoms with Gasteiger partial charge < -0.3 is 14.6 Å². The van der Waals surface area contributed by atoms with Gasteiger partial charge in [0.25, 0.3) is 5.91 Å². The number of carbonyl (C=O) groups excluding carboxylic acids is 2. The van der Waals surface area contributed by atoms with Crippen LogP contribution in [-0.4, -0.2) is 34.8 Å². The van der Waals surface area contributed by atoms with Crippen molar-refractivity contribution < 1.29 is 19.4 Å². The molecule has 0 atom stereocenters. The molecule has 2 aromatic carbocycles. The van der Waals surface area contributed by atoms with Gasteiger partial charge in [-0.25, -0.2) is 0 Å². The van der Waals surface area contributed by atoms with E-state index >= 15 is 0 Å². The Kier molecular flexibility index (Phi) is 4.55. The number of ether oxygens (including phenoxy) is 1. The van der Waals surface area contributed by atoms with E-state index in [0.29, 0.717) is 10.7 Å². The van der Waals surface area contributed by atoms with Gasteiger partial charge in [0.1, 0.15) is 10.1 Å². The lowest BCUT2D eigenvalue weighted by atomic mass is 10.0. The van der Waals surface area contributed by atoms with Crippen LogP contribution in [0.25, 0.3) is 16.8 Å². The normalized spacial score (nSPS) is 16.2. The van der Waals surface area contributed by atoms with Crippen LogP contribution in [0.5, 0.6) is 5.75 Å². The van der Waals surface area contributed by atoms with Crippen molar-refractivity contribution in [1.82, 2.24) is 4.90 Å². The third kappa shape index (κ3) is 3.00. The number of nitrogens with zero attached hydrogens (tertiary/aromatic N) is 1. The van der Waals surface area contributed by atoms with Crippen molar-refractivity contribution in [3.8, 4) is 5.75 Å². The number of hydrogen-bond acceptors (Lipinski definition) is 6. The predicted molar refractivity (Wildman–Crippen MR) is 95.4 cm³/mol. The molecule has 0 radical (unpaired) electrons. The second-order valence-corrected chi connectivity index (χ2v) is 6.72. The number of carbonyl (C=O) groups is 2. The van der Waals surface area contributed by atoms with Gasteiger partial charge in [-0.2, -0.15) is 0 Å². The van der Waals surface area contributed by atoms with Gasteiger partial charge in [-0.1, -0.05) is 54.3 Å². The molecule has 122 valence electrons. The molecule has 1 heterocycles. The van der Waals surface area contributed by atoms with Gasteiger partial charge in [0, 0.05) is 5.56 Å². The third-order valence-corrected chi connectivity index (χ3v) is 4.96. The Morgan fingerprint density at radius 3 is 2.79 bits per heavy atom. The lowest BCUT2D eigenvalue weighted by molar-refractivity contribution is -0.305. The van der Waals surface area contributed by atoms with Crippen LogP contribution in [0.4, 0.5) is 0 Å². The fraction of sp³-hybridized carbons (Fsp3) is 0.118. The summed E-state index contributed by atoms with van der Waals surface area (Å²) >= 11 is 6.16. The van der Waals surface area contributed by atoms with Crippen molar-refractivity contribution >= 4 is 57.0 Å². The largest absolute Gasteiger partial charge is 0.548 e. The summed E-state index contributed by atoms with van der Waals surface area (Å²) in [6.45, 7) is -0.547. The minimum absolute atomic E-state index is 0.203. The molecule has 5 nitrogen and oxygen atoms in total. The van der Waals surface area contributed by atoms with Gasteiger partial charge in [0.15, 0.2) is 0 Å². The smallest absolute Gasteiger partial charge is 0.266 e. The van der Waals surface area contributed by atoms with Crippen molar-refractivity contribution in [2.75, 3.05) is 13.7 Å². The first-order chi connectivity index (χ1) is 11.5. The van der Waals surface area contributed by atoms with E-state index in [1.54, 1.807) is 13.2 Å². The van der Waals surface area contributed by atoms with Gasteiger partial charge in [0.05, 0.1) is 24.5 Å². The third-order valence-electron chi connectivity index (χ3n) is 3.59. The topological polar surface area (TPSA) is 69.7 Å². The highest BCUT2D eigenvalue weighted by Crippen LogP contribution is 2.36. The predicted octanol–water partition coefficient (Wildman–Crippen LogP) is 1.80. The summed E-state index contributed by atoms with van der Waals surface area (Å²) in [5, 5.41) is 12.7. The second kappa shape index (κ2) is 6.62. The average molecular weight is 358 g/mol. The van der Waals surface area contributed by atoms with E-state index in [9.17, 15) is 14.7 Å². The molecule has 1 aliphatic heterocycles. The molecule has 2 aromatic rings. The maximum absolute atomic E-state index is 12.4.